The second kappa shape index (κ2) is 41.2. The first-order valence-electron chi connectivity index (χ1n) is 10.2. The van der Waals surface area contributed by atoms with Gasteiger partial charge in [0.1, 0.15) is 0 Å². The average Bonchev–Trinajstić information content (AvgIpc) is 2.82. The third-order valence-corrected chi connectivity index (χ3v) is 4.04. The minimum Gasteiger partial charge on any atom is -1.00 e. The van der Waals surface area contributed by atoms with Crippen molar-refractivity contribution in [1.29, 1.82) is 0 Å². The van der Waals surface area contributed by atoms with Crippen molar-refractivity contribution >= 4 is 22.4 Å². The summed E-state index contributed by atoms with van der Waals surface area (Å²) in [4.78, 5) is 11.2. The van der Waals surface area contributed by atoms with E-state index < -0.39 is 0 Å². The van der Waals surface area contributed by atoms with Gasteiger partial charge in [-0.15, -0.1) is 13.2 Å². The van der Waals surface area contributed by atoms with Crippen molar-refractivity contribution < 1.29 is 119 Å². The van der Waals surface area contributed by atoms with Gasteiger partial charge in [0, 0.05) is 5.33 Å². The molecule has 0 bridgehead atoms. The minimum atomic E-state index is -0.181. The quantitative estimate of drug-likeness (QED) is 0.0652. The Morgan fingerprint density at radius 2 is 1.35 bits per heavy atom. The molecule has 5 nitrogen and oxygen atoms in total. The number of allylic oxidation sites excluding steroid dienone is 1. The van der Waals surface area contributed by atoms with Crippen LogP contribution in [-0.2, 0) is 22.5 Å². The molecule has 0 aliphatic rings. The number of hydrogen-bond acceptors (Lipinski definition) is 5. The Morgan fingerprint density at radius 1 is 0.912 bits per heavy atom. The standard InChI is InChI=1S/C12H17N.C8H11N.C4H7Br.CH2O3.CH4.2K.H/c1-2-3-10-13-11-9-12-7-5-4-6-8-12;9-7-6-8-4-2-1-3-5-8;1-2-3-4-5;2-1-4-3;;;;/h2,4-8,13H,1,3,9-11H2;1-5H,6-7,9H2;2H,1,3-4H2;1,3H;1H4;;;/q;;;;;2*+1;-1/p-1. The molecule has 8 heteroatoms. The van der Waals surface area contributed by atoms with Gasteiger partial charge in [0.15, 0.2) is 0 Å². The summed E-state index contributed by atoms with van der Waals surface area (Å²) in [6.07, 6.45) is 8.04. The van der Waals surface area contributed by atoms with Crippen molar-refractivity contribution in [1.82, 2.24) is 5.32 Å². The molecule has 0 amide bonds. The topological polar surface area (TPSA) is 87.4 Å². The van der Waals surface area contributed by atoms with E-state index in [2.05, 4.69) is 81.8 Å². The molecule has 0 aliphatic carbocycles. The molecule has 2 rings (SSSR count). The smallest absolute Gasteiger partial charge is 1.00 e. The number of carbonyl (C=O) groups is 1. The monoisotopic (exact) mass is 586 g/mol. The summed E-state index contributed by atoms with van der Waals surface area (Å²) in [6.45, 7) is 9.85. The van der Waals surface area contributed by atoms with E-state index in [1.165, 1.54) is 11.1 Å². The van der Waals surface area contributed by atoms with Crippen LogP contribution < -0.4 is 119 Å². The maximum absolute atomic E-state index is 8.64. The molecule has 2 aromatic carbocycles. The Kier molecular flexibility index (Phi) is 54.5. The van der Waals surface area contributed by atoms with Crippen molar-refractivity contribution in [2.24, 2.45) is 5.73 Å². The fourth-order valence-electron chi connectivity index (χ4n) is 2.10. The number of benzene rings is 2. The second-order valence-corrected chi connectivity index (χ2v) is 6.84. The first-order valence-corrected chi connectivity index (χ1v) is 11.3. The molecule has 0 unspecified atom stereocenters. The van der Waals surface area contributed by atoms with Crippen LogP contribution in [0.25, 0.3) is 0 Å². The first kappa shape index (κ1) is 45.0. The SMILES string of the molecule is C.C=CCCBr.C=CCCNCCc1ccccc1.NCCc1ccccc1.O=CO[O-].[H-].[K+].[K+]. The third-order valence-electron chi connectivity index (χ3n) is 3.59. The van der Waals surface area contributed by atoms with Gasteiger partial charge in [-0.05, 0) is 56.4 Å². The molecule has 0 heterocycles. The van der Waals surface area contributed by atoms with Crippen molar-refractivity contribution in [2.45, 2.75) is 33.1 Å². The zero-order chi connectivity index (χ0) is 23.4. The molecule has 34 heavy (non-hydrogen) atoms. The Labute approximate surface area is 302 Å². The fourth-order valence-corrected chi connectivity index (χ4v) is 2.42. The van der Waals surface area contributed by atoms with Gasteiger partial charge < -0.3 is 22.6 Å². The molecule has 0 saturated carbocycles. The van der Waals surface area contributed by atoms with Crippen molar-refractivity contribution in [3.05, 3.63) is 97.1 Å². The van der Waals surface area contributed by atoms with Crippen LogP contribution in [0.1, 0.15) is 32.8 Å². The maximum atomic E-state index is 8.64. The second-order valence-electron chi connectivity index (χ2n) is 6.05. The minimum absolute atomic E-state index is 0. The number of carbonyl (C=O) groups excluding carboxylic acids is 1. The number of nitrogens with two attached hydrogens (primary N) is 1. The molecular formula is C26H41BrK2N2O3. The van der Waals surface area contributed by atoms with Crippen LogP contribution in [0.5, 0.6) is 0 Å². The van der Waals surface area contributed by atoms with E-state index in [0.717, 1.165) is 50.6 Å². The zero-order valence-corrected chi connectivity index (χ0v) is 28.1. The molecule has 2 aromatic rings. The summed E-state index contributed by atoms with van der Waals surface area (Å²) >= 11 is 3.24. The Bertz CT molecular complexity index is 643. The first-order chi connectivity index (χ1) is 15.2. The molecule has 0 atom stereocenters. The molecule has 0 aliphatic heterocycles. The largest absolute Gasteiger partial charge is 1.00 e. The average molecular weight is 588 g/mol. The number of halogens is 1. The Morgan fingerprint density at radius 3 is 1.68 bits per heavy atom. The summed E-state index contributed by atoms with van der Waals surface area (Å²) < 4.78 is 0. The predicted octanol–water partition coefficient (Wildman–Crippen LogP) is -1.27. The van der Waals surface area contributed by atoms with Gasteiger partial charge in [-0.3, -0.25) is 4.79 Å². The van der Waals surface area contributed by atoms with Gasteiger partial charge in [0.05, 0.1) is 0 Å². The molecule has 182 valence electrons. The molecule has 0 fully saturated rings. The summed E-state index contributed by atoms with van der Waals surface area (Å²) in [5.74, 6) is 0. The van der Waals surface area contributed by atoms with Crippen LogP contribution in [0.2, 0.25) is 0 Å². The number of nitrogens with one attached hydrogen (secondary N) is 1. The van der Waals surface area contributed by atoms with Gasteiger partial charge >= 0.3 is 103 Å². The van der Waals surface area contributed by atoms with Crippen LogP contribution in [0, 0.1) is 0 Å². The summed E-state index contributed by atoms with van der Waals surface area (Å²) in [7, 11) is 0. The maximum Gasteiger partial charge on any atom is 1.00 e. The van der Waals surface area contributed by atoms with Gasteiger partial charge in [0.2, 0.25) is 0 Å². The molecule has 3 N–H and O–H groups in total. The molecular weight excluding hydrogens is 546 g/mol. The number of hydrogen-bond donors (Lipinski definition) is 2. The van der Waals surface area contributed by atoms with E-state index >= 15 is 0 Å². The van der Waals surface area contributed by atoms with Crippen molar-refractivity contribution in [3.63, 3.8) is 0 Å². The van der Waals surface area contributed by atoms with E-state index in [-0.39, 0.29) is 118 Å². The van der Waals surface area contributed by atoms with Gasteiger partial charge in [0.25, 0.3) is 6.47 Å². The molecule has 0 spiro atoms. The zero-order valence-electron chi connectivity index (χ0n) is 21.3. The third kappa shape index (κ3) is 37.6. The summed E-state index contributed by atoms with van der Waals surface area (Å²) in [5, 5.41) is 12.8. The summed E-state index contributed by atoms with van der Waals surface area (Å²) in [5.41, 5.74) is 8.08. The van der Waals surface area contributed by atoms with Crippen molar-refractivity contribution in [2.75, 3.05) is 25.0 Å². The molecule has 0 aromatic heterocycles. The van der Waals surface area contributed by atoms with Gasteiger partial charge in [-0.1, -0.05) is 96.2 Å². The van der Waals surface area contributed by atoms with Gasteiger partial charge in [-0.25, -0.2) is 0 Å². The Hall–Kier alpha value is 1.02. The fraction of sp³-hybridized carbons (Fsp3) is 0.346. The predicted molar refractivity (Wildman–Crippen MR) is 141 cm³/mol. The molecule has 0 radical (unpaired) electrons. The number of rotatable bonds is 11. The Balaban J connectivity index is -0.0000000846. The van der Waals surface area contributed by atoms with Crippen LogP contribution in [0.3, 0.4) is 0 Å². The van der Waals surface area contributed by atoms with E-state index in [1.54, 1.807) is 0 Å². The summed E-state index contributed by atoms with van der Waals surface area (Å²) in [6, 6.07) is 20.8. The van der Waals surface area contributed by atoms with Crippen LogP contribution in [0.15, 0.2) is 86.0 Å². The van der Waals surface area contributed by atoms with Crippen LogP contribution >= 0.6 is 15.9 Å². The number of alkyl halides is 1. The van der Waals surface area contributed by atoms with E-state index in [9.17, 15) is 0 Å². The van der Waals surface area contributed by atoms with E-state index in [0.29, 0.717) is 0 Å². The van der Waals surface area contributed by atoms with E-state index in [4.69, 9.17) is 15.8 Å². The van der Waals surface area contributed by atoms with E-state index in [1.807, 2.05) is 30.4 Å². The molecule has 0 saturated heterocycles. The normalized spacial score (nSPS) is 7.97. The van der Waals surface area contributed by atoms with Crippen LogP contribution in [0.4, 0.5) is 0 Å². The van der Waals surface area contributed by atoms with Crippen molar-refractivity contribution in [3.8, 4) is 0 Å². The van der Waals surface area contributed by atoms with Gasteiger partial charge in [-0.2, -0.15) is 0 Å². The van der Waals surface area contributed by atoms with Crippen LogP contribution in [-0.4, -0.2) is 31.4 Å².